The molecule has 0 bridgehead atoms. The van der Waals surface area contributed by atoms with E-state index in [0.717, 1.165) is 41.1 Å². The van der Waals surface area contributed by atoms with Crippen molar-refractivity contribution >= 4 is 34.8 Å². The summed E-state index contributed by atoms with van der Waals surface area (Å²) >= 11 is 5.23. The molecule has 0 atom stereocenters. The summed E-state index contributed by atoms with van der Waals surface area (Å²) in [6.45, 7) is 2.20. The second kappa shape index (κ2) is 7.77. The lowest BCUT2D eigenvalue weighted by Crippen LogP contribution is -2.20. The molecule has 2 N–H and O–H groups in total. The van der Waals surface area contributed by atoms with Crippen LogP contribution in [0.1, 0.15) is 19.2 Å². The molecule has 0 unspecified atom stereocenters. The van der Waals surface area contributed by atoms with E-state index in [-0.39, 0.29) is 12.5 Å². The average Bonchev–Trinajstić information content (AvgIpc) is 3.28. The fourth-order valence-corrected chi connectivity index (χ4v) is 3.36. The third kappa shape index (κ3) is 3.59. The molecule has 4 aromatic rings. The minimum absolute atomic E-state index is 0.137. The number of aryl methyl sites for hydroxylation is 1. The number of hydrogen-bond acceptors (Lipinski definition) is 4. The number of aromatic amines is 1. The van der Waals surface area contributed by atoms with E-state index in [1.54, 1.807) is 10.9 Å². The third-order valence-corrected chi connectivity index (χ3v) is 4.81. The fourth-order valence-electron chi connectivity index (χ4n) is 3.14. The summed E-state index contributed by atoms with van der Waals surface area (Å²) in [5.41, 5.74) is 3.69. The second-order valence-electron chi connectivity index (χ2n) is 6.48. The summed E-state index contributed by atoms with van der Waals surface area (Å²) in [5.74, 6) is 0.653. The van der Waals surface area contributed by atoms with Gasteiger partial charge in [0.1, 0.15) is 18.7 Å². The third-order valence-electron chi connectivity index (χ3n) is 4.50. The number of aromatic nitrogens is 5. The van der Waals surface area contributed by atoms with Gasteiger partial charge in [-0.15, -0.1) is 0 Å². The lowest BCUT2D eigenvalue weighted by Gasteiger charge is -2.09. The van der Waals surface area contributed by atoms with Crippen LogP contribution < -0.4 is 5.32 Å². The van der Waals surface area contributed by atoms with Crippen LogP contribution in [-0.2, 0) is 17.8 Å². The van der Waals surface area contributed by atoms with Crippen molar-refractivity contribution < 1.29 is 4.79 Å². The molecule has 0 aliphatic heterocycles. The van der Waals surface area contributed by atoms with Gasteiger partial charge in [-0.3, -0.25) is 19.0 Å². The van der Waals surface area contributed by atoms with E-state index in [2.05, 4.69) is 27.4 Å². The predicted molar refractivity (Wildman–Crippen MR) is 111 cm³/mol. The quantitative estimate of drug-likeness (QED) is 0.488. The molecule has 2 heterocycles. The number of nitrogens with zero attached hydrogens (tertiary/aromatic N) is 4. The van der Waals surface area contributed by atoms with Crippen molar-refractivity contribution in [3.05, 3.63) is 65.5 Å². The second-order valence-corrected chi connectivity index (χ2v) is 6.87. The summed E-state index contributed by atoms with van der Waals surface area (Å²) in [5, 5.41) is 9.86. The molecule has 2 aromatic heterocycles. The minimum atomic E-state index is -0.143. The van der Waals surface area contributed by atoms with Crippen molar-refractivity contribution in [2.45, 2.75) is 26.3 Å². The Morgan fingerprint density at radius 3 is 2.75 bits per heavy atom. The molecule has 0 aliphatic carbocycles. The van der Waals surface area contributed by atoms with E-state index in [0.29, 0.717) is 4.77 Å². The molecular formula is C20H20N6OS. The number of carbonyl (C=O) groups is 1. The monoisotopic (exact) mass is 392 g/mol. The van der Waals surface area contributed by atoms with Crippen LogP contribution in [0.5, 0.6) is 0 Å². The lowest BCUT2D eigenvalue weighted by atomic mass is 10.2. The Bertz CT molecular complexity index is 1170. The zero-order chi connectivity index (χ0) is 19.5. The molecular weight excluding hydrogens is 372 g/mol. The highest BCUT2D eigenvalue weighted by Gasteiger charge is 2.10. The highest BCUT2D eigenvalue weighted by molar-refractivity contribution is 7.71. The first-order chi connectivity index (χ1) is 13.7. The maximum atomic E-state index is 12.4. The van der Waals surface area contributed by atoms with E-state index < -0.39 is 0 Å². The predicted octanol–water partition coefficient (Wildman–Crippen LogP) is 3.87. The Balaban J connectivity index is 1.48. The number of fused-ring (bicyclic) bond motifs is 1. The van der Waals surface area contributed by atoms with Crippen LogP contribution in [0, 0.1) is 4.77 Å². The normalized spacial score (nSPS) is 11.0. The summed E-state index contributed by atoms with van der Waals surface area (Å²) in [7, 11) is 0. The summed E-state index contributed by atoms with van der Waals surface area (Å²) < 4.78 is 4.21. The van der Waals surface area contributed by atoms with Crippen molar-refractivity contribution in [2.75, 3.05) is 5.32 Å². The Morgan fingerprint density at radius 2 is 1.96 bits per heavy atom. The van der Waals surface area contributed by atoms with Crippen LogP contribution in [0.3, 0.4) is 0 Å². The molecule has 142 valence electrons. The van der Waals surface area contributed by atoms with E-state index in [4.69, 9.17) is 12.2 Å². The number of anilines is 1. The Morgan fingerprint density at radius 1 is 1.18 bits per heavy atom. The van der Waals surface area contributed by atoms with Crippen molar-refractivity contribution in [3.8, 4) is 5.69 Å². The fraction of sp³-hybridized carbons (Fsp3) is 0.200. The van der Waals surface area contributed by atoms with Crippen molar-refractivity contribution in [2.24, 2.45) is 0 Å². The van der Waals surface area contributed by atoms with Gasteiger partial charge in [0.2, 0.25) is 5.91 Å². The van der Waals surface area contributed by atoms with Crippen LogP contribution in [0.2, 0.25) is 0 Å². The number of benzene rings is 2. The zero-order valence-electron chi connectivity index (χ0n) is 15.4. The van der Waals surface area contributed by atoms with Gasteiger partial charge in [-0.2, -0.15) is 5.10 Å². The van der Waals surface area contributed by atoms with Gasteiger partial charge in [0.25, 0.3) is 0 Å². The van der Waals surface area contributed by atoms with Gasteiger partial charge in [-0.05, 0) is 55.0 Å². The van der Waals surface area contributed by atoms with Crippen molar-refractivity contribution in [1.29, 1.82) is 0 Å². The Hall–Kier alpha value is -3.26. The van der Waals surface area contributed by atoms with Crippen LogP contribution in [-0.4, -0.2) is 30.2 Å². The SMILES string of the molecule is CCCc1n[nH]c(=S)n1CC(=O)Nc1ccc(-n2cnc3ccccc32)cc1. The maximum Gasteiger partial charge on any atom is 0.244 e. The van der Waals surface area contributed by atoms with Gasteiger partial charge in [-0.1, -0.05) is 19.1 Å². The van der Waals surface area contributed by atoms with Crippen LogP contribution in [0.15, 0.2) is 54.9 Å². The number of amides is 1. The molecule has 8 heteroatoms. The number of carbonyl (C=O) groups excluding carboxylic acids is 1. The largest absolute Gasteiger partial charge is 0.325 e. The molecule has 1 amide bonds. The number of rotatable bonds is 6. The highest BCUT2D eigenvalue weighted by Crippen LogP contribution is 2.19. The van der Waals surface area contributed by atoms with Crippen LogP contribution in [0.4, 0.5) is 5.69 Å². The van der Waals surface area contributed by atoms with Gasteiger partial charge < -0.3 is 5.32 Å². The van der Waals surface area contributed by atoms with E-state index in [1.165, 1.54) is 0 Å². The molecule has 28 heavy (non-hydrogen) atoms. The molecule has 0 spiro atoms. The first kappa shape index (κ1) is 18.1. The summed E-state index contributed by atoms with van der Waals surface area (Å²) in [6, 6.07) is 15.6. The van der Waals surface area contributed by atoms with Gasteiger partial charge >= 0.3 is 0 Å². The molecule has 0 aliphatic rings. The molecule has 0 saturated carbocycles. The summed E-state index contributed by atoms with van der Waals surface area (Å²) in [6.07, 6.45) is 3.51. The van der Waals surface area contributed by atoms with E-state index in [9.17, 15) is 4.79 Å². The lowest BCUT2D eigenvalue weighted by molar-refractivity contribution is -0.116. The molecule has 7 nitrogen and oxygen atoms in total. The van der Waals surface area contributed by atoms with Crippen molar-refractivity contribution in [3.63, 3.8) is 0 Å². The molecule has 4 rings (SSSR count). The minimum Gasteiger partial charge on any atom is -0.325 e. The van der Waals surface area contributed by atoms with Crippen LogP contribution >= 0.6 is 12.2 Å². The molecule has 2 aromatic carbocycles. The van der Waals surface area contributed by atoms with Crippen molar-refractivity contribution in [1.82, 2.24) is 24.3 Å². The Labute approximate surface area is 167 Å². The first-order valence-electron chi connectivity index (χ1n) is 9.12. The topological polar surface area (TPSA) is 80.5 Å². The molecule has 0 saturated heterocycles. The maximum absolute atomic E-state index is 12.4. The zero-order valence-corrected chi connectivity index (χ0v) is 16.2. The molecule has 0 fully saturated rings. The number of imidazole rings is 1. The van der Waals surface area contributed by atoms with Gasteiger partial charge in [0, 0.05) is 17.8 Å². The van der Waals surface area contributed by atoms with Gasteiger partial charge in [-0.25, -0.2) is 4.98 Å². The number of para-hydroxylation sites is 2. The smallest absolute Gasteiger partial charge is 0.244 e. The van der Waals surface area contributed by atoms with Gasteiger partial charge in [0.05, 0.1) is 11.0 Å². The number of hydrogen-bond donors (Lipinski definition) is 2. The standard InChI is InChI=1S/C20H20N6OS/c1-2-5-18-23-24-20(28)25(18)12-19(27)22-14-8-10-15(11-9-14)26-13-21-16-6-3-4-7-17(16)26/h3-4,6-11,13H,2,5,12H2,1H3,(H,22,27)(H,24,28). The molecule has 0 radical (unpaired) electrons. The Kier molecular flexibility index (Phi) is 5.03. The number of H-pyrrole nitrogens is 1. The average molecular weight is 392 g/mol. The van der Waals surface area contributed by atoms with E-state index in [1.807, 2.05) is 53.1 Å². The highest BCUT2D eigenvalue weighted by atomic mass is 32.1. The van der Waals surface area contributed by atoms with Crippen LogP contribution in [0.25, 0.3) is 16.7 Å². The van der Waals surface area contributed by atoms with Gasteiger partial charge in [0.15, 0.2) is 4.77 Å². The summed E-state index contributed by atoms with van der Waals surface area (Å²) in [4.78, 5) is 16.9. The first-order valence-corrected chi connectivity index (χ1v) is 9.53. The van der Waals surface area contributed by atoms with E-state index >= 15 is 0 Å². The number of nitrogens with one attached hydrogen (secondary N) is 2.